The van der Waals surface area contributed by atoms with E-state index in [-0.39, 0.29) is 0 Å². The van der Waals surface area contributed by atoms with Crippen LogP contribution < -0.4 is 0 Å². The molecule has 228 valence electrons. The van der Waals surface area contributed by atoms with Crippen LogP contribution in [0, 0.1) is 0 Å². The first-order valence-electron chi connectivity index (χ1n) is 16.4. The minimum atomic E-state index is 0.598. The highest BCUT2D eigenvalue weighted by Gasteiger charge is 2.13. The van der Waals surface area contributed by atoms with E-state index in [1.807, 2.05) is 36.4 Å². The minimum absolute atomic E-state index is 0.598. The molecule has 0 aliphatic rings. The van der Waals surface area contributed by atoms with Gasteiger partial charge in [0.15, 0.2) is 5.58 Å². The van der Waals surface area contributed by atoms with E-state index in [9.17, 15) is 0 Å². The Morgan fingerprint density at radius 1 is 0.367 bits per heavy atom. The SMILES string of the molecule is c1cc(-c2ccc3ccc4ccc(-c5ccc(-c6cc7ccccc7c7ccccc67)cc5)nc4c3n2)cc(-c2nc3ccccc3o2)c1. The topological polar surface area (TPSA) is 51.8 Å². The predicted octanol–water partition coefficient (Wildman–Crippen LogP) is 11.9. The lowest BCUT2D eigenvalue weighted by atomic mass is 9.93. The molecule has 0 unspecified atom stereocenters. The highest BCUT2D eigenvalue weighted by Crippen LogP contribution is 2.36. The molecule has 0 N–H and O–H groups in total. The van der Waals surface area contributed by atoms with Gasteiger partial charge in [0.2, 0.25) is 5.89 Å². The molecule has 4 heteroatoms. The van der Waals surface area contributed by atoms with Crippen molar-refractivity contribution in [3.05, 3.63) is 164 Å². The molecule has 10 aromatic rings. The fourth-order valence-corrected chi connectivity index (χ4v) is 7.01. The van der Waals surface area contributed by atoms with Gasteiger partial charge in [-0.25, -0.2) is 15.0 Å². The predicted molar refractivity (Wildman–Crippen MR) is 201 cm³/mol. The maximum atomic E-state index is 6.05. The van der Waals surface area contributed by atoms with Crippen molar-refractivity contribution in [1.29, 1.82) is 0 Å². The Kier molecular flexibility index (Phi) is 6.15. The van der Waals surface area contributed by atoms with Gasteiger partial charge >= 0.3 is 0 Å². The second kappa shape index (κ2) is 11.0. The average molecular weight is 626 g/mol. The van der Waals surface area contributed by atoms with Crippen LogP contribution in [0.25, 0.3) is 99.5 Å². The number of rotatable bonds is 4. The van der Waals surface area contributed by atoms with Gasteiger partial charge in [0.1, 0.15) is 5.52 Å². The Morgan fingerprint density at radius 3 is 1.76 bits per heavy atom. The van der Waals surface area contributed by atoms with Crippen LogP contribution in [0.1, 0.15) is 0 Å². The molecule has 0 aliphatic carbocycles. The molecular formula is C45H27N3O. The third kappa shape index (κ3) is 4.65. The van der Waals surface area contributed by atoms with E-state index >= 15 is 0 Å². The van der Waals surface area contributed by atoms with Crippen LogP contribution in [-0.4, -0.2) is 15.0 Å². The molecule has 10 rings (SSSR count). The highest BCUT2D eigenvalue weighted by atomic mass is 16.3. The first kappa shape index (κ1) is 27.5. The first-order valence-corrected chi connectivity index (χ1v) is 16.4. The van der Waals surface area contributed by atoms with Crippen molar-refractivity contribution in [2.24, 2.45) is 0 Å². The third-order valence-corrected chi connectivity index (χ3v) is 9.48. The molecule has 49 heavy (non-hydrogen) atoms. The number of nitrogens with zero attached hydrogens (tertiary/aromatic N) is 3. The highest BCUT2D eigenvalue weighted by molar-refractivity contribution is 6.13. The summed E-state index contributed by atoms with van der Waals surface area (Å²) in [5.41, 5.74) is 10.6. The number of benzene rings is 7. The number of hydrogen-bond donors (Lipinski definition) is 0. The molecule has 0 saturated carbocycles. The molecule has 7 aromatic carbocycles. The van der Waals surface area contributed by atoms with Gasteiger partial charge in [0.25, 0.3) is 0 Å². The van der Waals surface area contributed by atoms with Crippen molar-refractivity contribution in [2.45, 2.75) is 0 Å². The quantitative estimate of drug-likeness (QED) is 0.183. The minimum Gasteiger partial charge on any atom is -0.436 e. The van der Waals surface area contributed by atoms with Gasteiger partial charge < -0.3 is 4.42 Å². The Balaban J connectivity index is 1.04. The molecule has 0 saturated heterocycles. The summed E-state index contributed by atoms with van der Waals surface area (Å²) >= 11 is 0. The molecule has 3 aromatic heterocycles. The number of hydrogen-bond acceptors (Lipinski definition) is 4. The van der Waals surface area contributed by atoms with E-state index in [0.29, 0.717) is 5.89 Å². The number of para-hydroxylation sites is 2. The molecule has 0 radical (unpaired) electrons. The van der Waals surface area contributed by atoms with Gasteiger partial charge in [-0.15, -0.1) is 0 Å². The molecule has 0 atom stereocenters. The zero-order chi connectivity index (χ0) is 32.3. The lowest BCUT2D eigenvalue weighted by molar-refractivity contribution is 0.620. The summed E-state index contributed by atoms with van der Waals surface area (Å²) in [6.07, 6.45) is 0. The summed E-state index contributed by atoms with van der Waals surface area (Å²) < 4.78 is 6.05. The van der Waals surface area contributed by atoms with Crippen molar-refractivity contribution in [1.82, 2.24) is 15.0 Å². The van der Waals surface area contributed by atoms with E-state index in [2.05, 4.69) is 127 Å². The van der Waals surface area contributed by atoms with Crippen LogP contribution in [0.3, 0.4) is 0 Å². The van der Waals surface area contributed by atoms with Gasteiger partial charge in [-0.2, -0.15) is 0 Å². The van der Waals surface area contributed by atoms with Gasteiger partial charge in [-0.1, -0.05) is 121 Å². The molecule has 0 fully saturated rings. The van der Waals surface area contributed by atoms with Crippen molar-refractivity contribution in [2.75, 3.05) is 0 Å². The summed E-state index contributed by atoms with van der Waals surface area (Å²) in [7, 11) is 0. The average Bonchev–Trinajstić information content (AvgIpc) is 3.62. The number of pyridine rings is 2. The zero-order valence-corrected chi connectivity index (χ0v) is 26.3. The molecule has 0 amide bonds. The van der Waals surface area contributed by atoms with E-state index < -0.39 is 0 Å². The summed E-state index contributed by atoms with van der Waals surface area (Å²) in [4.78, 5) is 15.1. The molecule has 0 spiro atoms. The molecular weight excluding hydrogens is 599 g/mol. The largest absolute Gasteiger partial charge is 0.436 e. The Labute approximate surface area is 282 Å². The smallest absolute Gasteiger partial charge is 0.227 e. The molecule has 0 bridgehead atoms. The summed E-state index contributed by atoms with van der Waals surface area (Å²) in [6.45, 7) is 0. The maximum absolute atomic E-state index is 6.05. The standard InChI is InChI=1S/C45H27N3O/c1-2-11-35-32(8-1)27-38(37-13-4-3-12-36(35)37)28-16-18-29(19-17-28)39-24-22-30-20-21-31-23-25-40(47-44(31)43(30)46-39)33-9-7-10-34(26-33)45-48-41-14-5-6-15-42(41)49-45/h1-27H. The van der Waals surface area contributed by atoms with Gasteiger partial charge in [0.05, 0.1) is 22.4 Å². The van der Waals surface area contributed by atoms with Crippen molar-refractivity contribution < 1.29 is 4.42 Å². The van der Waals surface area contributed by atoms with E-state index in [1.165, 1.54) is 32.7 Å². The van der Waals surface area contributed by atoms with E-state index in [1.54, 1.807) is 0 Å². The van der Waals surface area contributed by atoms with Crippen LogP contribution in [0.5, 0.6) is 0 Å². The Morgan fingerprint density at radius 2 is 0.980 bits per heavy atom. The monoisotopic (exact) mass is 625 g/mol. The first-order chi connectivity index (χ1) is 24.2. The van der Waals surface area contributed by atoms with Crippen LogP contribution >= 0.6 is 0 Å². The summed E-state index contributed by atoms with van der Waals surface area (Å²) in [5.74, 6) is 0.598. The molecule has 4 nitrogen and oxygen atoms in total. The number of oxazole rings is 1. The third-order valence-electron chi connectivity index (χ3n) is 9.48. The van der Waals surface area contributed by atoms with Crippen LogP contribution in [0.4, 0.5) is 0 Å². The fourth-order valence-electron chi connectivity index (χ4n) is 7.01. The zero-order valence-electron chi connectivity index (χ0n) is 26.3. The summed E-state index contributed by atoms with van der Waals surface area (Å²) in [6, 6.07) is 57.1. The Bertz CT molecular complexity index is 2850. The van der Waals surface area contributed by atoms with E-state index in [4.69, 9.17) is 19.4 Å². The normalized spacial score (nSPS) is 11.7. The van der Waals surface area contributed by atoms with Gasteiger partial charge in [0, 0.05) is 27.5 Å². The van der Waals surface area contributed by atoms with Crippen molar-refractivity contribution in [3.63, 3.8) is 0 Å². The second-order valence-electron chi connectivity index (χ2n) is 12.4. The fraction of sp³-hybridized carbons (Fsp3) is 0. The number of aromatic nitrogens is 3. The van der Waals surface area contributed by atoms with Gasteiger partial charge in [-0.3, -0.25) is 0 Å². The summed E-state index contributed by atoms with van der Waals surface area (Å²) in [5, 5.41) is 7.15. The lowest BCUT2D eigenvalue weighted by Gasteiger charge is -2.12. The molecule has 3 heterocycles. The van der Waals surface area contributed by atoms with Crippen LogP contribution in [-0.2, 0) is 0 Å². The van der Waals surface area contributed by atoms with Crippen LogP contribution in [0.2, 0.25) is 0 Å². The second-order valence-corrected chi connectivity index (χ2v) is 12.4. The lowest BCUT2D eigenvalue weighted by Crippen LogP contribution is -1.91. The number of fused-ring (bicyclic) bond motifs is 7. The van der Waals surface area contributed by atoms with Crippen molar-refractivity contribution in [3.8, 4) is 45.1 Å². The molecule has 0 aliphatic heterocycles. The van der Waals surface area contributed by atoms with E-state index in [0.717, 1.165) is 61.0 Å². The van der Waals surface area contributed by atoms with Crippen molar-refractivity contribution >= 4 is 54.5 Å². The van der Waals surface area contributed by atoms with Gasteiger partial charge in [-0.05, 0) is 75.1 Å². The maximum Gasteiger partial charge on any atom is 0.227 e. The van der Waals surface area contributed by atoms with Crippen LogP contribution in [0.15, 0.2) is 168 Å². The Hall–Kier alpha value is -6.65.